The molecule has 0 radical (unpaired) electrons. The van der Waals surface area contributed by atoms with Gasteiger partial charge in [-0.3, -0.25) is 4.84 Å². The van der Waals surface area contributed by atoms with Gasteiger partial charge in [0.05, 0.1) is 10.2 Å². The van der Waals surface area contributed by atoms with E-state index < -0.39 is 0 Å². The fourth-order valence-corrected chi connectivity index (χ4v) is 2.08. The van der Waals surface area contributed by atoms with Gasteiger partial charge in [0.1, 0.15) is 11.1 Å². The number of para-hydroxylation sites is 1. The maximum atomic E-state index is 5.09. The van der Waals surface area contributed by atoms with Crippen LogP contribution in [0.25, 0.3) is 10.2 Å². The molecule has 0 saturated carbocycles. The van der Waals surface area contributed by atoms with Gasteiger partial charge in [-0.2, -0.15) is 0 Å². The molecular weight excluding hydrogens is 184 g/mol. The quantitative estimate of drug-likeness (QED) is 0.746. The maximum Gasteiger partial charge on any atom is 0.127 e. The van der Waals surface area contributed by atoms with E-state index in [1.807, 2.05) is 31.2 Å². The van der Waals surface area contributed by atoms with Gasteiger partial charge in [0.2, 0.25) is 0 Å². The average Bonchev–Trinajstić information content (AvgIpc) is 2.59. The summed E-state index contributed by atoms with van der Waals surface area (Å²) < 4.78 is 1.17. The highest BCUT2D eigenvalue weighted by atomic mass is 32.1. The minimum absolute atomic E-state index is 0.127. The van der Waals surface area contributed by atoms with Crippen molar-refractivity contribution in [1.29, 1.82) is 0 Å². The predicted octanol–water partition coefficient (Wildman–Crippen LogP) is 2.25. The van der Waals surface area contributed by atoms with Crippen molar-refractivity contribution in [3.63, 3.8) is 0 Å². The fraction of sp³-hybridized carbons (Fsp3) is 0.222. The van der Waals surface area contributed by atoms with Crippen LogP contribution in [0.15, 0.2) is 24.3 Å². The van der Waals surface area contributed by atoms with Crippen molar-refractivity contribution in [1.82, 2.24) is 4.98 Å². The molecule has 1 aromatic carbocycles. The van der Waals surface area contributed by atoms with Crippen LogP contribution in [-0.4, -0.2) is 4.98 Å². The Bertz CT molecular complexity index is 380. The number of aromatic nitrogens is 1. The van der Waals surface area contributed by atoms with Gasteiger partial charge in [-0.1, -0.05) is 12.1 Å². The number of fused-ring (bicyclic) bond motifs is 1. The van der Waals surface area contributed by atoms with Crippen LogP contribution in [-0.2, 0) is 4.84 Å². The average molecular weight is 194 g/mol. The molecule has 1 unspecified atom stereocenters. The van der Waals surface area contributed by atoms with Gasteiger partial charge in [-0.25, -0.2) is 10.9 Å². The third-order valence-electron chi connectivity index (χ3n) is 1.86. The monoisotopic (exact) mass is 194 g/mol. The van der Waals surface area contributed by atoms with E-state index in [0.717, 1.165) is 10.5 Å². The number of rotatable bonds is 2. The number of nitrogens with zero attached hydrogens (tertiary/aromatic N) is 1. The van der Waals surface area contributed by atoms with Gasteiger partial charge in [-0.05, 0) is 19.1 Å². The molecule has 1 aromatic heterocycles. The van der Waals surface area contributed by atoms with Crippen LogP contribution in [0.1, 0.15) is 18.0 Å². The molecule has 2 N–H and O–H groups in total. The minimum atomic E-state index is -0.127. The molecule has 0 bridgehead atoms. The maximum absolute atomic E-state index is 5.09. The fourth-order valence-electron chi connectivity index (χ4n) is 1.12. The molecule has 68 valence electrons. The lowest BCUT2D eigenvalue weighted by molar-refractivity contribution is 0.0663. The first-order valence-electron chi connectivity index (χ1n) is 4.02. The number of nitrogens with two attached hydrogens (primary N) is 1. The smallest absolute Gasteiger partial charge is 0.127 e. The van der Waals surface area contributed by atoms with Crippen LogP contribution in [0.3, 0.4) is 0 Å². The molecule has 13 heavy (non-hydrogen) atoms. The zero-order valence-electron chi connectivity index (χ0n) is 7.23. The Morgan fingerprint density at radius 2 is 2.23 bits per heavy atom. The molecule has 0 amide bonds. The molecule has 2 aromatic rings. The highest BCUT2D eigenvalue weighted by Gasteiger charge is 2.09. The van der Waals surface area contributed by atoms with E-state index in [1.54, 1.807) is 11.3 Å². The van der Waals surface area contributed by atoms with Crippen LogP contribution < -0.4 is 5.90 Å². The molecule has 3 nitrogen and oxygen atoms in total. The van der Waals surface area contributed by atoms with Gasteiger partial charge >= 0.3 is 0 Å². The van der Waals surface area contributed by atoms with Gasteiger partial charge in [0, 0.05) is 0 Å². The number of thiazole rings is 1. The van der Waals surface area contributed by atoms with Gasteiger partial charge in [-0.15, -0.1) is 11.3 Å². The Hall–Kier alpha value is -0.970. The standard InChI is InChI=1S/C9H10N2OS/c1-6(12-10)9-11-7-4-2-3-5-8(7)13-9/h2-6H,10H2,1H3. The van der Waals surface area contributed by atoms with Gasteiger partial charge in [0.15, 0.2) is 0 Å². The molecule has 0 spiro atoms. The lowest BCUT2D eigenvalue weighted by atomic mass is 10.3. The second kappa shape index (κ2) is 3.41. The lowest BCUT2D eigenvalue weighted by Gasteiger charge is -2.01. The molecule has 0 aliphatic heterocycles. The summed E-state index contributed by atoms with van der Waals surface area (Å²) in [4.78, 5) is 9.11. The summed E-state index contributed by atoms with van der Waals surface area (Å²) in [5.74, 6) is 5.09. The molecule has 0 aliphatic rings. The second-order valence-corrected chi connectivity index (χ2v) is 3.86. The van der Waals surface area contributed by atoms with Crippen molar-refractivity contribution < 1.29 is 4.84 Å². The van der Waals surface area contributed by atoms with Crippen molar-refractivity contribution in [3.05, 3.63) is 29.3 Å². The Labute approximate surface area is 80.1 Å². The molecule has 0 saturated heterocycles. The molecule has 0 aliphatic carbocycles. The van der Waals surface area contributed by atoms with Crippen molar-refractivity contribution in [3.8, 4) is 0 Å². The van der Waals surface area contributed by atoms with E-state index in [-0.39, 0.29) is 6.10 Å². The Balaban J connectivity index is 2.49. The Morgan fingerprint density at radius 3 is 2.92 bits per heavy atom. The van der Waals surface area contributed by atoms with E-state index in [0.29, 0.717) is 0 Å². The molecule has 2 rings (SSSR count). The molecule has 0 fully saturated rings. The topological polar surface area (TPSA) is 48.1 Å². The van der Waals surface area contributed by atoms with Crippen LogP contribution in [0.2, 0.25) is 0 Å². The van der Waals surface area contributed by atoms with Crippen molar-refractivity contribution >= 4 is 21.6 Å². The summed E-state index contributed by atoms with van der Waals surface area (Å²) in [6.45, 7) is 1.89. The van der Waals surface area contributed by atoms with Crippen molar-refractivity contribution in [2.24, 2.45) is 5.90 Å². The van der Waals surface area contributed by atoms with Crippen LogP contribution >= 0.6 is 11.3 Å². The first kappa shape index (κ1) is 8.62. The van der Waals surface area contributed by atoms with Crippen LogP contribution in [0.5, 0.6) is 0 Å². The Morgan fingerprint density at radius 1 is 1.46 bits per heavy atom. The summed E-state index contributed by atoms with van der Waals surface area (Å²) >= 11 is 1.61. The highest BCUT2D eigenvalue weighted by molar-refractivity contribution is 7.18. The summed E-state index contributed by atoms with van der Waals surface area (Å²) in [5, 5.41) is 0.920. The largest absolute Gasteiger partial charge is 0.294 e. The number of hydrogen-bond acceptors (Lipinski definition) is 4. The molecule has 1 heterocycles. The third kappa shape index (κ3) is 1.56. The van der Waals surface area contributed by atoms with E-state index in [2.05, 4.69) is 4.98 Å². The second-order valence-electron chi connectivity index (χ2n) is 2.80. The summed E-state index contributed by atoms with van der Waals surface area (Å²) in [6, 6.07) is 8.00. The molecular formula is C9H10N2OS. The number of hydrogen-bond donors (Lipinski definition) is 1. The van der Waals surface area contributed by atoms with E-state index in [1.165, 1.54) is 4.70 Å². The molecule has 4 heteroatoms. The van der Waals surface area contributed by atoms with E-state index in [4.69, 9.17) is 10.7 Å². The molecule has 1 atom stereocenters. The number of benzene rings is 1. The third-order valence-corrected chi connectivity index (χ3v) is 3.06. The first-order valence-corrected chi connectivity index (χ1v) is 4.84. The predicted molar refractivity (Wildman–Crippen MR) is 53.3 cm³/mol. The van der Waals surface area contributed by atoms with E-state index in [9.17, 15) is 0 Å². The summed E-state index contributed by atoms with van der Waals surface area (Å²) in [7, 11) is 0. The SMILES string of the molecule is CC(ON)c1nc2ccccc2s1. The zero-order valence-corrected chi connectivity index (χ0v) is 8.04. The zero-order chi connectivity index (χ0) is 9.26. The van der Waals surface area contributed by atoms with Crippen molar-refractivity contribution in [2.45, 2.75) is 13.0 Å². The minimum Gasteiger partial charge on any atom is -0.294 e. The van der Waals surface area contributed by atoms with Gasteiger partial charge in [0.25, 0.3) is 0 Å². The van der Waals surface area contributed by atoms with Gasteiger partial charge < -0.3 is 0 Å². The summed E-state index contributed by atoms with van der Waals surface area (Å²) in [5.41, 5.74) is 1.01. The Kier molecular flexibility index (Phi) is 2.26. The first-order chi connectivity index (χ1) is 6.31. The highest BCUT2D eigenvalue weighted by Crippen LogP contribution is 2.26. The lowest BCUT2D eigenvalue weighted by Crippen LogP contribution is -2.04. The van der Waals surface area contributed by atoms with Crippen LogP contribution in [0.4, 0.5) is 0 Å². The summed E-state index contributed by atoms with van der Waals surface area (Å²) in [6.07, 6.45) is -0.127. The van der Waals surface area contributed by atoms with Crippen molar-refractivity contribution in [2.75, 3.05) is 0 Å². The normalized spacial score (nSPS) is 13.4. The van der Waals surface area contributed by atoms with Crippen LogP contribution in [0, 0.1) is 0 Å². The van der Waals surface area contributed by atoms with E-state index >= 15 is 0 Å².